The molecular formula is C11H23N3O. The minimum absolute atomic E-state index is 0.0748. The molecule has 3 N–H and O–H groups in total. The summed E-state index contributed by atoms with van der Waals surface area (Å²) in [5.74, 6) is 0.607. The summed E-state index contributed by atoms with van der Waals surface area (Å²) >= 11 is 0. The molecule has 0 spiro atoms. The molecule has 1 aliphatic rings. The van der Waals surface area contributed by atoms with Gasteiger partial charge in [0.05, 0.1) is 0 Å². The van der Waals surface area contributed by atoms with Gasteiger partial charge in [-0.2, -0.15) is 0 Å². The molecule has 1 saturated heterocycles. The zero-order valence-electron chi connectivity index (χ0n) is 9.67. The molecule has 15 heavy (non-hydrogen) atoms. The third-order valence-electron chi connectivity index (χ3n) is 2.79. The maximum absolute atomic E-state index is 11.2. The van der Waals surface area contributed by atoms with Gasteiger partial charge in [-0.1, -0.05) is 6.92 Å². The number of amides is 1. The van der Waals surface area contributed by atoms with Crippen LogP contribution in [0, 0.1) is 5.92 Å². The molecule has 1 atom stereocenters. The summed E-state index contributed by atoms with van der Waals surface area (Å²) in [4.78, 5) is 13.7. The number of hydrogen-bond donors (Lipinski definition) is 2. The Balaban J connectivity index is 2.07. The topological polar surface area (TPSA) is 58.4 Å². The van der Waals surface area contributed by atoms with E-state index in [2.05, 4.69) is 17.1 Å². The van der Waals surface area contributed by atoms with Gasteiger partial charge in [-0.15, -0.1) is 0 Å². The lowest BCUT2D eigenvalue weighted by atomic mass is 10.1. The number of likely N-dealkylation sites (tertiary alicyclic amines) is 1. The van der Waals surface area contributed by atoms with Gasteiger partial charge in [0.15, 0.2) is 0 Å². The summed E-state index contributed by atoms with van der Waals surface area (Å²) in [6.07, 6.45) is 3.09. The van der Waals surface area contributed by atoms with Crippen LogP contribution in [-0.4, -0.2) is 43.5 Å². The number of nitrogens with two attached hydrogens (primary N) is 1. The summed E-state index contributed by atoms with van der Waals surface area (Å²) < 4.78 is 0. The second kappa shape index (κ2) is 6.80. The van der Waals surface area contributed by atoms with Crippen LogP contribution in [0.1, 0.15) is 26.2 Å². The maximum atomic E-state index is 11.2. The second-order valence-electron chi connectivity index (χ2n) is 4.46. The molecule has 0 aromatic heterocycles. The molecule has 1 rings (SSSR count). The number of hydrogen-bond acceptors (Lipinski definition) is 3. The van der Waals surface area contributed by atoms with Crippen LogP contribution >= 0.6 is 0 Å². The van der Waals surface area contributed by atoms with Gasteiger partial charge in [0.1, 0.15) is 0 Å². The van der Waals surface area contributed by atoms with Gasteiger partial charge in [0.25, 0.3) is 0 Å². The Labute approximate surface area is 92.2 Å². The van der Waals surface area contributed by atoms with Gasteiger partial charge in [-0.05, 0) is 31.8 Å². The SMILES string of the molecule is CC(CNC(=O)CCN)CN1CCCC1. The van der Waals surface area contributed by atoms with Crippen molar-refractivity contribution in [3.63, 3.8) is 0 Å². The Morgan fingerprint density at radius 3 is 2.73 bits per heavy atom. The minimum Gasteiger partial charge on any atom is -0.356 e. The highest BCUT2D eigenvalue weighted by Crippen LogP contribution is 2.09. The molecule has 4 nitrogen and oxygen atoms in total. The van der Waals surface area contributed by atoms with Gasteiger partial charge >= 0.3 is 0 Å². The number of nitrogens with one attached hydrogen (secondary N) is 1. The zero-order valence-corrected chi connectivity index (χ0v) is 9.67. The van der Waals surface area contributed by atoms with Gasteiger partial charge in [0.2, 0.25) is 5.91 Å². The van der Waals surface area contributed by atoms with E-state index in [0.29, 0.717) is 18.9 Å². The van der Waals surface area contributed by atoms with E-state index in [1.54, 1.807) is 0 Å². The number of rotatable bonds is 6. The van der Waals surface area contributed by atoms with Crippen LogP contribution in [0.3, 0.4) is 0 Å². The van der Waals surface area contributed by atoms with Gasteiger partial charge in [-0.25, -0.2) is 0 Å². The molecule has 1 fully saturated rings. The highest BCUT2D eigenvalue weighted by molar-refractivity contribution is 5.75. The molecule has 0 aromatic rings. The molecule has 1 aliphatic heterocycles. The molecule has 0 radical (unpaired) electrons. The minimum atomic E-state index is 0.0748. The predicted molar refractivity (Wildman–Crippen MR) is 61.5 cm³/mol. The van der Waals surface area contributed by atoms with E-state index >= 15 is 0 Å². The Morgan fingerprint density at radius 2 is 2.13 bits per heavy atom. The van der Waals surface area contributed by atoms with E-state index in [-0.39, 0.29) is 5.91 Å². The molecule has 4 heteroatoms. The molecular weight excluding hydrogens is 190 g/mol. The van der Waals surface area contributed by atoms with Crippen molar-refractivity contribution in [1.82, 2.24) is 10.2 Å². The van der Waals surface area contributed by atoms with E-state index in [1.807, 2.05) is 0 Å². The standard InChI is InChI=1S/C11H23N3O/c1-10(8-13-11(15)4-5-12)9-14-6-2-3-7-14/h10H,2-9,12H2,1H3,(H,13,15). The van der Waals surface area contributed by atoms with Crippen molar-refractivity contribution in [3.05, 3.63) is 0 Å². The number of carbonyl (C=O) groups excluding carboxylic acids is 1. The first-order valence-corrected chi connectivity index (χ1v) is 5.91. The molecule has 0 bridgehead atoms. The maximum Gasteiger partial charge on any atom is 0.221 e. The van der Waals surface area contributed by atoms with Crippen LogP contribution in [0.5, 0.6) is 0 Å². The summed E-state index contributed by atoms with van der Waals surface area (Å²) in [7, 11) is 0. The Kier molecular flexibility index (Phi) is 5.65. The Hall–Kier alpha value is -0.610. The van der Waals surface area contributed by atoms with E-state index in [9.17, 15) is 4.79 Å². The molecule has 1 unspecified atom stereocenters. The van der Waals surface area contributed by atoms with Crippen molar-refractivity contribution in [1.29, 1.82) is 0 Å². The molecule has 0 saturated carbocycles. The molecule has 1 amide bonds. The van der Waals surface area contributed by atoms with E-state index < -0.39 is 0 Å². The van der Waals surface area contributed by atoms with Crippen LogP contribution < -0.4 is 11.1 Å². The fraction of sp³-hybridized carbons (Fsp3) is 0.909. The van der Waals surface area contributed by atoms with E-state index in [1.165, 1.54) is 25.9 Å². The summed E-state index contributed by atoms with van der Waals surface area (Å²) in [5.41, 5.74) is 5.30. The lowest BCUT2D eigenvalue weighted by molar-refractivity contribution is -0.121. The largest absolute Gasteiger partial charge is 0.356 e. The molecule has 0 aliphatic carbocycles. The summed E-state index contributed by atoms with van der Waals surface area (Å²) in [6.45, 7) is 6.94. The first-order chi connectivity index (χ1) is 7.22. The fourth-order valence-corrected chi connectivity index (χ4v) is 1.98. The smallest absolute Gasteiger partial charge is 0.221 e. The van der Waals surface area contributed by atoms with Crippen molar-refractivity contribution in [2.75, 3.05) is 32.7 Å². The number of nitrogens with zero attached hydrogens (tertiary/aromatic N) is 1. The molecule has 1 heterocycles. The Bertz CT molecular complexity index is 190. The first-order valence-electron chi connectivity index (χ1n) is 5.91. The zero-order chi connectivity index (χ0) is 11.1. The van der Waals surface area contributed by atoms with E-state index in [4.69, 9.17) is 5.73 Å². The third-order valence-corrected chi connectivity index (χ3v) is 2.79. The normalized spacial score (nSPS) is 19.1. The monoisotopic (exact) mass is 213 g/mol. The van der Waals surface area contributed by atoms with Crippen molar-refractivity contribution in [2.45, 2.75) is 26.2 Å². The van der Waals surface area contributed by atoms with Crippen LogP contribution in [-0.2, 0) is 4.79 Å². The summed E-state index contributed by atoms with van der Waals surface area (Å²) in [5, 5.41) is 2.91. The van der Waals surface area contributed by atoms with Crippen molar-refractivity contribution < 1.29 is 4.79 Å². The number of carbonyl (C=O) groups is 1. The van der Waals surface area contributed by atoms with Gasteiger partial charge in [-0.3, -0.25) is 4.79 Å². The van der Waals surface area contributed by atoms with Crippen LogP contribution in [0.15, 0.2) is 0 Å². The lowest BCUT2D eigenvalue weighted by Gasteiger charge is -2.20. The fourth-order valence-electron chi connectivity index (χ4n) is 1.98. The molecule has 0 aromatic carbocycles. The first kappa shape index (κ1) is 12.5. The average Bonchev–Trinajstić information content (AvgIpc) is 2.68. The van der Waals surface area contributed by atoms with E-state index in [0.717, 1.165) is 13.1 Å². The summed E-state index contributed by atoms with van der Waals surface area (Å²) in [6, 6.07) is 0. The van der Waals surface area contributed by atoms with Crippen LogP contribution in [0.2, 0.25) is 0 Å². The average molecular weight is 213 g/mol. The van der Waals surface area contributed by atoms with Crippen molar-refractivity contribution in [2.24, 2.45) is 11.7 Å². The highest BCUT2D eigenvalue weighted by atomic mass is 16.1. The predicted octanol–water partition coefficient (Wildman–Crippen LogP) is 0.183. The second-order valence-corrected chi connectivity index (χ2v) is 4.46. The van der Waals surface area contributed by atoms with Crippen LogP contribution in [0.25, 0.3) is 0 Å². The highest BCUT2D eigenvalue weighted by Gasteiger charge is 2.14. The van der Waals surface area contributed by atoms with Crippen molar-refractivity contribution in [3.8, 4) is 0 Å². The third kappa shape index (κ3) is 5.14. The Morgan fingerprint density at radius 1 is 1.47 bits per heavy atom. The van der Waals surface area contributed by atoms with Gasteiger partial charge < -0.3 is 16.0 Å². The van der Waals surface area contributed by atoms with Crippen LogP contribution in [0.4, 0.5) is 0 Å². The molecule has 88 valence electrons. The van der Waals surface area contributed by atoms with Gasteiger partial charge in [0, 0.05) is 26.1 Å². The quantitative estimate of drug-likeness (QED) is 0.662. The lowest BCUT2D eigenvalue weighted by Crippen LogP contribution is -2.35. The van der Waals surface area contributed by atoms with Crippen molar-refractivity contribution >= 4 is 5.91 Å².